The van der Waals surface area contributed by atoms with E-state index >= 15 is 0 Å². The molecule has 1 saturated carbocycles. The van der Waals surface area contributed by atoms with Crippen molar-refractivity contribution in [3.05, 3.63) is 47.5 Å². The van der Waals surface area contributed by atoms with E-state index < -0.39 is 0 Å². The maximum absolute atomic E-state index is 12.2. The summed E-state index contributed by atoms with van der Waals surface area (Å²) >= 11 is 0. The molecular weight excluding hydrogens is 220 g/mol. The summed E-state index contributed by atoms with van der Waals surface area (Å²) in [5.74, 6) is 0.837. The highest BCUT2D eigenvalue weighted by atomic mass is 16.1. The Hall–Kier alpha value is -1.37. The highest BCUT2D eigenvalue weighted by molar-refractivity contribution is 6.04. The number of carbonyl (C=O) groups excluding carboxylic acids is 1. The fourth-order valence-corrected chi connectivity index (χ4v) is 2.83. The molecule has 0 heterocycles. The third kappa shape index (κ3) is 3.32. The summed E-state index contributed by atoms with van der Waals surface area (Å²) in [5.41, 5.74) is 2.19. The maximum Gasteiger partial charge on any atom is 0.185 e. The van der Waals surface area contributed by atoms with Crippen molar-refractivity contribution in [2.24, 2.45) is 5.92 Å². The minimum Gasteiger partial charge on any atom is -0.289 e. The molecule has 1 aromatic rings. The Kier molecular flexibility index (Phi) is 4.74. The van der Waals surface area contributed by atoms with Gasteiger partial charge in [-0.25, -0.2) is 0 Å². The zero-order valence-corrected chi connectivity index (χ0v) is 11.2. The third-order valence-electron chi connectivity index (χ3n) is 3.79. The van der Waals surface area contributed by atoms with Gasteiger partial charge in [0.2, 0.25) is 0 Å². The van der Waals surface area contributed by atoms with Gasteiger partial charge in [-0.05, 0) is 31.3 Å². The molecular formula is C17H22O. The van der Waals surface area contributed by atoms with Gasteiger partial charge in [-0.3, -0.25) is 4.79 Å². The molecule has 1 aliphatic carbocycles. The number of hydrogen-bond acceptors (Lipinski definition) is 1. The monoisotopic (exact) mass is 242 g/mol. The predicted octanol–water partition coefficient (Wildman–Crippen LogP) is 4.79. The van der Waals surface area contributed by atoms with Gasteiger partial charge in [0.1, 0.15) is 0 Å². The fraction of sp³-hybridized carbons (Fsp3) is 0.471. The lowest BCUT2D eigenvalue weighted by Crippen LogP contribution is -2.03. The molecule has 1 aromatic carbocycles. The largest absolute Gasteiger partial charge is 0.289 e. The highest BCUT2D eigenvalue weighted by Crippen LogP contribution is 2.33. The molecule has 1 heteroatoms. The molecule has 0 saturated heterocycles. The van der Waals surface area contributed by atoms with Crippen LogP contribution >= 0.6 is 0 Å². The highest BCUT2D eigenvalue weighted by Gasteiger charge is 2.19. The van der Waals surface area contributed by atoms with Crippen LogP contribution in [-0.4, -0.2) is 5.78 Å². The van der Waals surface area contributed by atoms with Crippen molar-refractivity contribution in [3.63, 3.8) is 0 Å². The van der Waals surface area contributed by atoms with Crippen molar-refractivity contribution < 1.29 is 4.79 Å². The van der Waals surface area contributed by atoms with Gasteiger partial charge < -0.3 is 0 Å². The summed E-state index contributed by atoms with van der Waals surface area (Å²) < 4.78 is 0. The van der Waals surface area contributed by atoms with E-state index in [1.807, 2.05) is 36.4 Å². The van der Waals surface area contributed by atoms with Crippen LogP contribution in [0.1, 0.15) is 55.8 Å². The minimum absolute atomic E-state index is 0.172. The van der Waals surface area contributed by atoms with Crippen molar-refractivity contribution in [1.29, 1.82) is 0 Å². The molecule has 0 spiro atoms. The lowest BCUT2D eigenvalue weighted by atomic mass is 9.92. The first-order chi connectivity index (χ1) is 8.81. The standard InChI is InChI=1S/C17H22O/c1-2-8-16(14-9-6-7-10-14)13-17(18)15-11-4-3-5-12-15/h3-5,11-14H,2,6-10H2,1H3/b16-13+. The summed E-state index contributed by atoms with van der Waals surface area (Å²) in [6.07, 6.45) is 9.31. The molecule has 1 aliphatic rings. The van der Waals surface area contributed by atoms with Crippen LogP contribution < -0.4 is 0 Å². The molecule has 0 atom stereocenters. The zero-order chi connectivity index (χ0) is 12.8. The van der Waals surface area contributed by atoms with E-state index in [2.05, 4.69) is 6.92 Å². The van der Waals surface area contributed by atoms with Crippen LogP contribution in [0.5, 0.6) is 0 Å². The Labute approximate surface area is 110 Å². The van der Waals surface area contributed by atoms with Crippen LogP contribution in [0, 0.1) is 5.92 Å². The molecule has 0 unspecified atom stereocenters. The van der Waals surface area contributed by atoms with E-state index in [4.69, 9.17) is 0 Å². The second-order valence-corrected chi connectivity index (χ2v) is 5.18. The van der Waals surface area contributed by atoms with E-state index in [9.17, 15) is 4.79 Å². The molecule has 0 amide bonds. The number of allylic oxidation sites excluding steroid dienone is 2. The third-order valence-corrected chi connectivity index (χ3v) is 3.79. The van der Waals surface area contributed by atoms with E-state index in [1.54, 1.807) is 0 Å². The topological polar surface area (TPSA) is 17.1 Å². The van der Waals surface area contributed by atoms with Crippen molar-refractivity contribution in [2.75, 3.05) is 0 Å². The van der Waals surface area contributed by atoms with Crippen molar-refractivity contribution in [2.45, 2.75) is 45.4 Å². The van der Waals surface area contributed by atoms with Crippen LogP contribution in [0.3, 0.4) is 0 Å². The Morgan fingerprint density at radius 2 is 1.89 bits per heavy atom. The van der Waals surface area contributed by atoms with Gasteiger partial charge in [-0.1, -0.05) is 62.1 Å². The zero-order valence-electron chi connectivity index (χ0n) is 11.2. The molecule has 18 heavy (non-hydrogen) atoms. The molecule has 0 aromatic heterocycles. The smallest absolute Gasteiger partial charge is 0.185 e. The second kappa shape index (κ2) is 6.53. The summed E-state index contributed by atoms with van der Waals surface area (Å²) in [5, 5.41) is 0. The Morgan fingerprint density at radius 1 is 1.22 bits per heavy atom. The Balaban J connectivity index is 2.14. The summed E-state index contributed by atoms with van der Waals surface area (Å²) in [6.45, 7) is 2.19. The van der Waals surface area contributed by atoms with Gasteiger partial charge in [0.05, 0.1) is 0 Å². The first-order valence-corrected chi connectivity index (χ1v) is 7.11. The van der Waals surface area contributed by atoms with E-state index in [0.29, 0.717) is 5.92 Å². The van der Waals surface area contributed by atoms with Gasteiger partial charge in [0.25, 0.3) is 0 Å². The van der Waals surface area contributed by atoms with Crippen molar-refractivity contribution in [1.82, 2.24) is 0 Å². The first kappa shape index (κ1) is 13.1. The van der Waals surface area contributed by atoms with Gasteiger partial charge in [0.15, 0.2) is 5.78 Å². The molecule has 96 valence electrons. The molecule has 0 bridgehead atoms. The van der Waals surface area contributed by atoms with Crippen LogP contribution in [0.4, 0.5) is 0 Å². The van der Waals surface area contributed by atoms with E-state index in [-0.39, 0.29) is 5.78 Å². The quantitative estimate of drug-likeness (QED) is 0.536. The molecule has 0 radical (unpaired) electrons. The predicted molar refractivity (Wildman–Crippen MR) is 75.7 cm³/mol. The van der Waals surface area contributed by atoms with Gasteiger partial charge >= 0.3 is 0 Å². The second-order valence-electron chi connectivity index (χ2n) is 5.18. The van der Waals surface area contributed by atoms with Crippen LogP contribution in [-0.2, 0) is 0 Å². The maximum atomic E-state index is 12.2. The van der Waals surface area contributed by atoms with Crippen LogP contribution in [0.15, 0.2) is 42.0 Å². The SMILES string of the molecule is CCC/C(=C\C(=O)c1ccccc1)C1CCCC1. The number of benzene rings is 1. The van der Waals surface area contributed by atoms with E-state index in [1.165, 1.54) is 31.3 Å². The number of hydrogen-bond donors (Lipinski definition) is 0. The molecule has 1 nitrogen and oxygen atoms in total. The summed E-state index contributed by atoms with van der Waals surface area (Å²) in [6, 6.07) is 9.60. The minimum atomic E-state index is 0.172. The summed E-state index contributed by atoms with van der Waals surface area (Å²) in [4.78, 5) is 12.2. The van der Waals surface area contributed by atoms with Crippen molar-refractivity contribution in [3.8, 4) is 0 Å². The van der Waals surface area contributed by atoms with Gasteiger partial charge in [-0.2, -0.15) is 0 Å². The summed E-state index contributed by atoms with van der Waals surface area (Å²) in [7, 11) is 0. The van der Waals surface area contributed by atoms with E-state index in [0.717, 1.165) is 18.4 Å². The normalized spacial score (nSPS) is 17.1. The lowest BCUT2D eigenvalue weighted by molar-refractivity contribution is 0.104. The molecule has 0 aliphatic heterocycles. The molecule has 1 fully saturated rings. The average molecular weight is 242 g/mol. The number of carbonyl (C=O) groups is 1. The van der Waals surface area contributed by atoms with Crippen LogP contribution in [0.2, 0.25) is 0 Å². The Morgan fingerprint density at radius 3 is 2.50 bits per heavy atom. The average Bonchev–Trinajstić information content (AvgIpc) is 2.93. The lowest BCUT2D eigenvalue weighted by Gasteiger charge is -2.13. The number of ketones is 1. The van der Waals surface area contributed by atoms with Gasteiger partial charge in [-0.15, -0.1) is 0 Å². The van der Waals surface area contributed by atoms with Crippen LogP contribution in [0.25, 0.3) is 0 Å². The van der Waals surface area contributed by atoms with Gasteiger partial charge in [0, 0.05) is 5.56 Å². The number of rotatable bonds is 5. The Bertz CT molecular complexity index is 410. The first-order valence-electron chi connectivity index (χ1n) is 7.11. The molecule has 0 N–H and O–H groups in total. The fourth-order valence-electron chi connectivity index (χ4n) is 2.83. The molecule has 2 rings (SSSR count). The van der Waals surface area contributed by atoms with Crippen molar-refractivity contribution >= 4 is 5.78 Å².